The summed E-state index contributed by atoms with van der Waals surface area (Å²) in [5.74, 6) is 0.0904. The highest BCUT2D eigenvalue weighted by molar-refractivity contribution is 6.30. The minimum absolute atomic E-state index is 0.0904. The average Bonchev–Trinajstić information content (AvgIpc) is 2.33. The van der Waals surface area contributed by atoms with Gasteiger partial charge >= 0.3 is 0 Å². The summed E-state index contributed by atoms with van der Waals surface area (Å²) in [6.45, 7) is 0. The lowest BCUT2D eigenvalue weighted by atomic mass is 10.0. The lowest BCUT2D eigenvalue weighted by Gasteiger charge is -2.19. The maximum Gasteiger partial charge on any atom is 0.224 e. The van der Waals surface area contributed by atoms with Crippen molar-refractivity contribution in [3.05, 3.63) is 47.0 Å². The molecule has 0 saturated carbocycles. The minimum Gasteiger partial charge on any atom is -0.353 e. The van der Waals surface area contributed by atoms with Gasteiger partial charge in [0, 0.05) is 11.1 Å². The molecule has 90 valence electrons. The molecule has 1 amide bonds. The van der Waals surface area contributed by atoms with E-state index in [0.717, 1.165) is 24.8 Å². The van der Waals surface area contributed by atoms with Crippen LogP contribution in [0.4, 0.5) is 0 Å². The molecule has 2 nitrogen and oxygen atoms in total. The number of carbonyl (C=O) groups excluding carboxylic acids is 1. The lowest BCUT2D eigenvalue weighted by molar-refractivity contribution is -0.121. The summed E-state index contributed by atoms with van der Waals surface area (Å²) in [4.78, 5) is 11.8. The number of benzene rings is 1. The molecule has 0 fully saturated rings. The van der Waals surface area contributed by atoms with Crippen LogP contribution >= 0.6 is 11.6 Å². The van der Waals surface area contributed by atoms with E-state index in [-0.39, 0.29) is 5.91 Å². The van der Waals surface area contributed by atoms with Gasteiger partial charge in [-0.25, -0.2) is 0 Å². The van der Waals surface area contributed by atoms with Gasteiger partial charge in [0.25, 0.3) is 0 Å². The Balaban J connectivity index is 1.84. The number of carbonyl (C=O) groups is 1. The number of halogens is 1. The van der Waals surface area contributed by atoms with Gasteiger partial charge in [-0.1, -0.05) is 35.9 Å². The highest BCUT2D eigenvalue weighted by Crippen LogP contribution is 2.12. The molecule has 0 aromatic heterocycles. The molecule has 0 unspecified atom stereocenters. The number of amides is 1. The smallest absolute Gasteiger partial charge is 0.224 e. The Morgan fingerprint density at radius 3 is 2.71 bits per heavy atom. The predicted octanol–water partition coefficient (Wildman–Crippen LogP) is 3.11. The Kier molecular flexibility index (Phi) is 4.21. The summed E-state index contributed by atoms with van der Waals surface area (Å²) in [6, 6.07) is 7.71. The predicted molar refractivity (Wildman–Crippen MR) is 70.1 cm³/mol. The van der Waals surface area contributed by atoms with Crippen LogP contribution in [0, 0.1) is 0 Å². The number of rotatable bonds is 3. The van der Waals surface area contributed by atoms with Crippen LogP contribution in [-0.4, -0.2) is 11.9 Å². The van der Waals surface area contributed by atoms with Crippen molar-refractivity contribution in [3.63, 3.8) is 0 Å². The number of hydrogen-bond donors (Lipinski definition) is 1. The summed E-state index contributed by atoms with van der Waals surface area (Å²) in [5, 5.41) is 3.76. The Morgan fingerprint density at radius 1 is 1.29 bits per heavy atom. The van der Waals surface area contributed by atoms with E-state index in [1.807, 2.05) is 24.3 Å². The third-order valence-electron chi connectivity index (χ3n) is 2.91. The SMILES string of the molecule is O=C(Cc1ccc(Cl)cc1)N[C@@H]1CC=CCC1. The van der Waals surface area contributed by atoms with E-state index < -0.39 is 0 Å². The maximum atomic E-state index is 11.8. The first-order valence-corrected chi connectivity index (χ1v) is 6.30. The second-order valence-corrected chi connectivity index (χ2v) is 4.79. The second-order valence-electron chi connectivity index (χ2n) is 4.35. The fourth-order valence-corrected chi connectivity index (χ4v) is 2.12. The molecule has 1 atom stereocenters. The molecule has 3 heteroatoms. The zero-order valence-corrected chi connectivity index (χ0v) is 10.4. The maximum absolute atomic E-state index is 11.8. The summed E-state index contributed by atoms with van der Waals surface area (Å²) in [7, 11) is 0. The first-order valence-electron chi connectivity index (χ1n) is 5.93. The van der Waals surface area contributed by atoms with Gasteiger partial charge in [-0.15, -0.1) is 0 Å². The van der Waals surface area contributed by atoms with Crippen molar-refractivity contribution in [1.82, 2.24) is 5.32 Å². The van der Waals surface area contributed by atoms with Crippen LogP contribution in [0.5, 0.6) is 0 Å². The molecule has 0 heterocycles. The number of nitrogens with one attached hydrogen (secondary N) is 1. The van der Waals surface area contributed by atoms with Crippen molar-refractivity contribution >= 4 is 17.5 Å². The zero-order valence-electron chi connectivity index (χ0n) is 9.66. The molecule has 1 aliphatic rings. The third-order valence-corrected chi connectivity index (χ3v) is 3.16. The third kappa shape index (κ3) is 3.90. The summed E-state index contributed by atoms with van der Waals surface area (Å²) >= 11 is 5.80. The van der Waals surface area contributed by atoms with E-state index in [9.17, 15) is 4.79 Å². The van der Waals surface area contributed by atoms with E-state index in [1.165, 1.54) is 0 Å². The Bertz CT molecular complexity index is 411. The fraction of sp³-hybridized carbons (Fsp3) is 0.357. The normalized spacial score (nSPS) is 19.0. The molecular weight excluding hydrogens is 234 g/mol. The molecule has 0 saturated heterocycles. The second kappa shape index (κ2) is 5.87. The van der Waals surface area contributed by atoms with Crippen LogP contribution in [0.1, 0.15) is 24.8 Å². The molecular formula is C14H16ClNO. The van der Waals surface area contributed by atoms with Gasteiger partial charge < -0.3 is 5.32 Å². The lowest BCUT2D eigenvalue weighted by Crippen LogP contribution is -2.36. The molecule has 0 radical (unpaired) electrons. The number of allylic oxidation sites excluding steroid dienone is 1. The van der Waals surface area contributed by atoms with Crippen molar-refractivity contribution in [2.45, 2.75) is 31.7 Å². The monoisotopic (exact) mass is 249 g/mol. The molecule has 1 aromatic rings. The molecule has 0 spiro atoms. The highest BCUT2D eigenvalue weighted by atomic mass is 35.5. The molecule has 1 N–H and O–H groups in total. The molecule has 1 aromatic carbocycles. The Labute approximate surface area is 107 Å². The van der Waals surface area contributed by atoms with Crippen molar-refractivity contribution in [2.24, 2.45) is 0 Å². The first kappa shape index (κ1) is 12.2. The van der Waals surface area contributed by atoms with E-state index >= 15 is 0 Å². The topological polar surface area (TPSA) is 29.1 Å². The van der Waals surface area contributed by atoms with Crippen LogP contribution < -0.4 is 5.32 Å². The van der Waals surface area contributed by atoms with Crippen LogP contribution in [-0.2, 0) is 11.2 Å². The van der Waals surface area contributed by atoms with E-state index in [0.29, 0.717) is 17.5 Å². The van der Waals surface area contributed by atoms with Gasteiger partial charge in [0.2, 0.25) is 5.91 Å². The van der Waals surface area contributed by atoms with Gasteiger partial charge in [0.1, 0.15) is 0 Å². The quantitative estimate of drug-likeness (QED) is 0.820. The molecule has 17 heavy (non-hydrogen) atoms. The fourth-order valence-electron chi connectivity index (χ4n) is 1.99. The first-order chi connectivity index (χ1) is 8.24. The van der Waals surface area contributed by atoms with E-state index in [4.69, 9.17) is 11.6 Å². The molecule has 0 aliphatic heterocycles. The summed E-state index contributed by atoms with van der Waals surface area (Å²) in [6.07, 6.45) is 7.79. The highest BCUT2D eigenvalue weighted by Gasteiger charge is 2.12. The van der Waals surface area contributed by atoms with Gasteiger partial charge in [-0.3, -0.25) is 4.79 Å². The van der Waals surface area contributed by atoms with Crippen LogP contribution in [0.25, 0.3) is 0 Å². The average molecular weight is 250 g/mol. The Hall–Kier alpha value is -1.28. The van der Waals surface area contributed by atoms with Crippen molar-refractivity contribution < 1.29 is 4.79 Å². The molecule has 2 rings (SSSR count). The number of hydrogen-bond acceptors (Lipinski definition) is 1. The van der Waals surface area contributed by atoms with Gasteiger partial charge in [-0.2, -0.15) is 0 Å². The van der Waals surface area contributed by atoms with Gasteiger partial charge in [0.05, 0.1) is 6.42 Å². The van der Waals surface area contributed by atoms with Gasteiger partial charge in [-0.05, 0) is 37.0 Å². The summed E-state index contributed by atoms with van der Waals surface area (Å²) in [5.41, 5.74) is 0.998. The minimum atomic E-state index is 0.0904. The van der Waals surface area contributed by atoms with Crippen LogP contribution in [0.15, 0.2) is 36.4 Å². The van der Waals surface area contributed by atoms with Crippen molar-refractivity contribution in [3.8, 4) is 0 Å². The van der Waals surface area contributed by atoms with Gasteiger partial charge in [0.15, 0.2) is 0 Å². The largest absolute Gasteiger partial charge is 0.353 e. The van der Waals surface area contributed by atoms with E-state index in [2.05, 4.69) is 17.5 Å². The van der Waals surface area contributed by atoms with Crippen molar-refractivity contribution in [2.75, 3.05) is 0 Å². The van der Waals surface area contributed by atoms with Crippen molar-refractivity contribution in [1.29, 1.82) is 0 Å². The van der Waals surface area contributed by atoms with Crippen LogP contribution in [0.2, 0.25) is 5.02 Å². The zero-order chi connectivity index (χ0) is 12.1. The molecule has 0 bridgehead atoms. The molecule has 1 aliphatic carbocycles. The van der Waals surface area contributed by atoms with Crippen LogP contribution in [0.3, 0.4) is 0 Å². The summed E-state index contributed by atoms with van der Waals surface area (Å²) < 4.78 is 0. The standard InChI is InChI=1S/C14H16ClNO/c15-12-8-6-11(7-9-12)10-14(17)16-13-4-2-1-3-5-13/h1-2,6-9,13H,3-5,10H2,(H,16,17)/t13-/m1/s1. The Morgan fingerprint density at radius 2 is 2.06 bits per heavy atom. The van der Waals surface area contributed by atoms with E-state index in [1.54, 1.807) is 0 Å².